The number of nitrogens with zero attached hydrogens (tertiary/aromatic N) is 1. The molecular formula is C33H35B2N3O8. The lowest BCUT2D eigenvalue weighted by Gasteiger charge is -2.25. The van der Waals surface area contributed by atoms with Crippen molar-refractivity contribution in [2.24, 2.45) is 0 Å². The minimum Gasteiger partial charge on any atom is -0.504 e. The summed E-state index contributed by atoms with van der Waals surface area (Å²) in [4.78, 5) is 28.5. The van der Waals surface area contributed by atoms with Crippen LogP contribution >= 0.6 is 0 Å². The second kappa shape index (κ2) is 14.8. The summed E-state index contributed by atoms with van der Waals surface area (Å²) in [6.07, 6.45) is 0. The summed E-state index contributed by atoms with van der Waals surface area (Å²) in [6.45, 7) is 2.75. The lowest BCUT2D eigenvalue weighted by atomic mass is 9.77. The van der Waals surface area contributed by atoms with Gasteiger partial charge in [0.2, 0.25) is 0 Å². The number of benzene rings is 4. The van der Waals surface area contributed by atoms with Gasteiger partial charge < -0.3 is 40.9 Å². The number of ketones is 2. The van der Waals surface area contributed by atoms with Crippen molar-refractivity contribution in [1.82, 2.24) is 15.5 Å². The molecule has 236 valence electrons. The van der Waals surface area contributed by atoms with E-state index in [1.807, 2.05) is 17.0 Å². The van der Waals surface area contributed by atoms with Gasteiger partial charge in [0.05, 0.1) is 5.56 Å². The second-order valence-electron chi connectivity index (χ2n) is 11.1. The van der Waals surface area contributed by atoms with E-state index in [2.05, 4.69) is 10.6 Å². The SMILES string of the molecule is O=C1c2ccccc2C(=O)c2c1cc(CN(CCNCc1ccccc1B(O)O)CCNCc1ccccc1B(O)O)c(O)c2O. The van der Waals surface area contributed by atoms with Gasteiger partial charge in [-0.05, 0) is 28.1 Å². The van der Waals surface area contributed by atoms with Gasteiger partial charge in [0.1, 0.15) is 0 Å². The van der Waals surface area contributed by atoms with Gasteiger partial charge in [0.25, 0.3) is 0 Å². The van der Waals surface area contributed by atoms with Crippen LogP contribution in [0.25, 0.3) is 0 Å². The number of carbonyl (C=O) groups excluding carboxylic acids is 2. The number of fused-ring (bicyclic) bond motifs is 2. The van der Waals surface area contributed by atoms with Crippen LogP contribution in [0.5, 0.6) is 11.5 Å². The fourth-order valence-electron chi connectivity index (χ4n) is 5.73. The molecule has 0 aliphatic heterocycles. The zero-order valence-electron chi connectivity index (χ0n) is 25.1. The Balaban J connectivity index is 1.32. The summed E-state index contributed by atoms with van der Waals surface area (Å²) in [7, 11) is -3.20. The van der Waals surface area contributed by atoms with Crippen molar-refractivity contribution >= 4 is 36.7 Å². The molecule has 46 heavy (non-hydrogen) atoms. The highest BCUT2D eigenvalue weighted by Crippen LogP contribution is 2.41. The monoisotopic (exact) mass is 623 g/mol. The molecule has 0 fully saturated rings. The third-order valence-corrected chi connectivity index (χ3v) is 8.14. The Kier molecular flexibility index (Phi) is 10.7. The molecule has 0 saturated carbocycles. The number of phenolic OH excluding ortho intramolecular Hbond substituents is 2. The summed E-state index contributed by atoms with van der Waals surface area (Å²) in [5.74, 6) is -2.04. The Morgan fingerprint density at radius 1 is 0.587 bits per heavy atom. The maximum atomic E-state index is 13.3. The molecule has 0 radical (unpaired) electrons. The Hall–Kier alpha value is -4.33. The van der Waals surface area contributed by atoms with Crippen LogP contribution < -0.4 is 21.6 Å². The van der Waals surface area contributed by atoms with Crippen LogP contribution in [0.15, 0.2) is 78.9 Å². The summed E-state index contributed by atoms with van der Waals surface area (Å²) in [6, 6.07) is 21.8. The number of aromatic hydroxyl groups is 2. The first-order chi connectivity index (χ1) is 22.2. The summed E-state index contributed by atoms with van der Waals surface area (Å²) in [5.41, 5.74) is 2.78. The maximum absolute atomic E-state index is 13.3. The van der Waals surface area contributed by atoms with Crippen LogP contribution in [-0.4, -0.2) is 87.2 Å². The van der Waals surface area contributed by atoms with Gasteiger partial charge in [0.15, 0.2) is 23.1 Å². The van der Waals surface area contributed by atoms with E-state index in [9.17, 15) is 39.9 Å². The molecule has 1 aliphatic rings. The quantitative estimate of drug-likeness (QED) is 0.0459. The third-order valence-electron chi connectivity index (χ3n) is 8.14. The molecule has 8 N–H and O–H groups in total. The first-order valence-electron chi connectivity index (χ1n) is 14.9. The van der Waals surface area contributed by atoms with Crippen molar-refractivity contribution in [2.75, 3.05) is 26.2 Å². The molecule has 0 saturated heterocycles. The number of hydrogen-bond acceptors (Lipinski definition) is 11. The molecule has 4 aromatic rings. The molecule has 0 heterocycles. The van der Waals surface area contributed by atoms with E-state index in [1.165, 1.54) is 12.1 Å². The molecule has 0 atom stereocenters. The number of phenols is 2. The highest BCUT2D eigenvalue weighted by atomic mass is 16.4. The van der Waals surface area contributed by atoms with Crippen molar-refractivity contribution in [2.45, 2.75) is 19.6 Å². The van der Waals surface area contributed by atoms with Crippen LogP contribution in [0.2, 0.25) is 0 Å². The number of rotatable bonds is 14. The van der Waals surface area contributed by atoms with Crippen molar-refractivity contribution < 1.29 is 39.9 Å². The minimum absolute atomic E-state index is 0.0311. The van der Waals surface area contributed by atoms with Gasteiger partial charge in [0, 0.05) is 68.1 Å². The molecule has 0 aromatic heterocycles. The molecule has 0 spiro atoms. The van der Waals surface area contributed by atoms with Gasteiger partial charge in [-0.15, -0.1) is 0 Å². The van der Waals surface area contributed by atoms with Crippen LogP contribution in [-0.2, 0) is 19.6 Å². The minimum atomic E-state index is -1.60. The highest BCUT2D eigenvalue weighted by Gasteiger charge is 2.34. The van der Waals surface area contributed by atoms with Crippen molar-refractivity contribution in [3.63, 3.8) is 0 Å². The van der Waals surface area contributed by atoms with Gasteiger partial charge in [-0.3, -0.25) is 14.5 Å². The average Bonchev–Trinajstić information content (AvgIpc) is 3.05. The normalized spacial score (nSPS) is 12.3. The van der Waals surface area contributed by atoms with E-state index in [1.54, 1.807) is 54.6 Å². The topological polar surface area (TPSA) is 183 Å². The van der Waals surface area contributed by atoms with E-state index in [-0.39, 0.29) is 34.4 Å². The van der Waals surface area contributed by atoms with Crippen LogP contribution in [0, 0.1) is 0 Å². The lowest BCUT2D eigenvalue weighted by Crippen LogP contribution is -2.39. The van der Waals surface area contributed by atoms with Crippen LogP contribution in [0.3, 0.4) is 0 Å². The predicted octanol–water partition coefficient (Wildman–Crippen LogP) is -0.386. The Morgan fingerprint density at radius 2 is 1.07 bits per heavy atom. The second-order valence-corrected chi connectivity index (χ2v) is 11.1. The molecule has 0 amide bonds. The molecule has 0 unspecified atom stereocenters. The fraction of sp³-hybridized carbons (Fsp3) is 0.212. The fourth-order valence-corrected chi connectivity index (χ4v) is 5.73. The Morgan fingerprint density at radius 3 is 1.59 bits per heavy atom. The van der Waals surface area contributed by atoms with E-state index >= 15 is 0 Å². The van der Waals surface area contributed by atoms with Crippen molar-refractivity contribution in [3.8, 4) is 11.5 Å². The zero-order valence-corrected chi connectivity index (χ0v) is 25.1. The average molecular weight is 623 g/mol. The van der Waals surface area contributed by atoms with E-state index in [0.717, 1.165) is 11.1 Å². The van der Waals surface area contributed by atoms with Gasteiger partial charge in [-0.25, -0.2) is 0 Å². The molecule has 5 rings (SSSR count). The largest absolute Gasteiger partial charge is 0.504 e. The highest BCUT2D eigenvalue weighted by molar-refractivity contribution is 6.59. The van der Waals surface area contributed by atoms with E-state index in [4.69, 9.17) is 0 Å². The first-order valence-corrected chi connectivity index (χ1v) is 14.9. The first kappa shape index (κ1) is 33.0. The zero-order chi connectivity index (χ0) is 32.8. The smallest absolute Gasteiger partial charge is 0.488 e. The van der Waals surface area contributed by atoms with Gasteiger partial charge in [-0.2, -0.15) is 0 Å². The van der Waals surface area contributed by atoms with E-state index < -0.39 is 37.3 Å². The molecule has 1 aliphatic carbocycles. The van der Waals surface area contributed by atoms with Gasteiger partial charge in [-0.1, -0.05) is 72.8 Å². The third kappa shape index (κ3) is 7.22. The standard InChI is InChI=1S/C33H35B2N3O8/c39-30-23(17-26-29(33(30)42)32(41)25-10-4-3-9-24(25)31(26)40)20-38(15-13-36-18-21-7-1-5-11-27(21)34(43)44)16-14-37-19-22-8-2-6-12-28(22)35(45)46/h1-12,17,36-37,39,42-46H,13-16,18-20H2. The molecule has 4 aromatic carbocycles. The Labute approximate surface area is 267 Å². The van der Waals surface area contributed by atoms with Crippen molar-refractivity contribution in [1.29, 1.82) is 0 Å². The predicted molar refractivity (Wildman–Crippen MR) is 174 cm³/mol. The van der Waals surface area contributed by atoms with Crippen LogP contribution in [0.1, 0.15) is 48.5 Å². The lowest BCUT2D eigenvalue weighted by molar-refractivity contribution is 0.0976. The van der Waals surface area contributed by atoms with Crippen LogP contribution in [0.4, 0.5) is 0 Å². The number of carbonyl (C=O) groups is 2. The van der Waals surface area contributed by atoms with E-state index in [0.29, 0.717) is 50.2 Å². The molecule has 13 heteroatoms. The summed E-state index contributed by atoms with van der Waals surface area (Å²) in [5, 5.41) is 67.2. The molecule has 11 nitrogen and oxygen atoms in total. The summed E-state index contributed by atoms with van der Waals surface area (Å²) < 4.78 is 0. The molecule has 0 bridgehead atoms. The maximum Gasteiger partial charge on any atom is 0.488 e. The van der Waals surface area contributed by atoms with Crippen molar-refractivity contribution in [3.05, 3.63) is 118 Å². The number of nitrogens with one attached hydrogen (secondary N) is 2. The number of hydrogen-bond donors (Lipinski definition) is 8. The molecular weight excluding hydrogens is 588 g/mol. The summed E-state index contributed by atoms with van der Waals surface area (Å²) >= 11 is 0. The van der Waals surface area contributed by atoms with Gasteiger partial charge >= 0.3 is 14.2 Å². The Bertz CT molecular complexity index is 1670.